The zero-order chi connectivity index (χ0) is 19.3. The van der Waals surface area contributed by atoms with Crippen molar-refractivity contribution in [3.05, 3.63) is 53.3 Å². The molecule has 2 rings (SSSR count). The molecule has 5 nitrogen and oxygen atoms in total. The lowest BCUT2D eigenvalue weighted by molar-refractivity contribution is -0.120. The Morgan fingerprint density at radius 1 is 1.15 bits per heavy atom. The Labute approximate surface area is 153 Å². The summed E-state index contributed by atoms with van der Waals surface area (Å²) < 4.78 is 24.0. The van der Waals surface area contributed by atoms with Gasteiger partial charge in [-0.1, -0.05) is 12.1 Å². The van der Waals surface area contributed by atoms with E-state index in [1.165, 1.54) is 13.2 Å². The first-order chi connectivity index (χ1) is 12.3. The smallest absolute Gasteiger partial charge is 0.241 e. The molecular formula is C20H25FN2O3. The summed E-state index contributed by atoms with van der Waals surface area (Å²) in [5.41, 5.74) is 2.42. The lowest BCUT2D eigenvalue weighted by Crippen LogP contribution is -2.39. The van der Waals surface area contributed by atoms with Crippen molar-refractivity contribution in [2.75, 3.05) is 26.6 Å². The van der Waals surface area contributed by atoms with Crippen LogP contribution in [0.15, 0.2) is 36.4 Å². The highest BCUT2D eigenvalue weighted by atomic mass is 19.1. The first-order valence-corrected chi connectivity index (χ1v) is 8.34. The molecule has 0 heterocycles. The predicted octanol–water partition coefficient (Wildman–Crippen LogP) is 3.61. The Morgan fingerprint density at radius 2 is 1.81 bits per heavy atom. The third kappa shape index (κ3) is 4.73. The van der Waals surface area contributed by atoms with Crippen LogP contribution in [-0.2, 0) is 11.3 Å². The zero-order valence-corrected chi connectivity index (χ0v) is 15.8. The Morgan fingerprint density at radius 3 is 2.42 bits per heavy atom. The molecule has 0 radical (unpaired) electrons. The minimum atomic E-state index is -0.417. The van der Waals surface area contributed by atoms with Crippen LogP contribution in [0.3, 0.4) is 0 Å². The van der Waals surface area contributed by atoms with E-state index in [-0.39, 0.29) is 11.7 Å². The van der Waals surface area contributed by atoms with Gasteiger partial charge in [-0.25, -0.2) is 4.39 Å². The van der Waals surface area contributed by atoms with E-state index in [1.54, 1.807) is 26.2 Å². The number of aryl methyl sites for hydroxylation is 1. The van der Waals surface area contributed by atoms with E-state index in [0.29, 0.717) is 18.0 Å². The molecule has 0 bridgehead atoms. The lowest BCUT2D eigenvalue weighted by Gasteiger charge is -2.24. The fraction of sp³-hybridized carbons (Fsp3) is 0.350. The van der Waals surface area contributed by atoms with Crippen molar-refractivity contribution < 1.29 is 18.7 Å². The number of likely N-dealkylation sites (N-methyl/N-ethyl adjacent to an activating group) is 1. The summed E-state index contributed by atoms with van der Waals surface area (Å²) in [4.78, 5) is 14.4. The maximum Gasteiger partial charge on any atom is 0.241 e. The van der Waals surface area contributed by atoms with Gasteiger partial charge in [0.25, 0.3) is 0 Å². The molecule has 1 atom stereocenters. The molecule has 1 unspecified atom stereocenters. The van der Waals surface area contributed by atoms with Crippen molar-refractivity contribution in [2.45, 2.75) is 26.4 Å². The molecule has 0 spiro atoms. The molecule has 140 valence electrons. The van der Waals surface area contributed by atoms with Gasteiger partial charge in [-0.05, 0) is 56.3 Å². The number of anilines is 1. The van der Waals surface area contributed by atoms with Gasteiger partial charge < -0.3 is 14.8 Å². The number of hydrogen-bond acceptors (Lipinski definition) is 4. The number of hydrogen-bond donors (Lipinski definition) is 1. The Balaban J connectivity index is 2.05. The van der Waals surface area contributed by atoms with E-state index >= 15 is 0 Å². The van der Waals surface area contributed by atoms with Gasteiger partial charge in [0.05, 0.1) is 25.9 Å². The molecule has 0 saturated heterocycles. The third-order valence-corrected chi connectivity index (χ3v) is 4.30. The highest BCUT2D eigenvalue weighted by Crippen LogP contribution is 2.25. The van der Waals surface area contributed by atoms with Crippen LogP contribution in [0.4, 0.5) is 10.1 Å². The van der Waals surface area contributed by atoms with Crippen LogP contribution >= 0.6 is 0 Å². The number of amides is 1. The lowest BCUT2D eigenvalue weighted by atomic mass is 10.1. The monoisotopic (exact) mass is 360 g/mol. The molecule has 1 amide bonds. The van der Waals surface area contributed by atoms with Crippen molar-refractivity contribution >= 4 is 11.6 Å². The van der Waals surface area contributed by atoms with Crippen molar-refractivity contribution in [1.29, 1.82) is 0 Å². The van der Waals surface area contributed by atoms with E-state index in [9.17, 15) is 9.18 Å². The molecule has 0 fully saturated rings. The van der Waals surface area contributed by atoms with E-state index in [0.717, 1.165) is 11.1 Å². The fourth-order valence-corrected chi connectivity index (χ4v) is 2.59. The van der Waals surface area contributed by atoms with Crippen molar-refractivity contribution in [1.82, 2.24) is 4.90 Å². The third-order valence-electron chi connectivity index (χ3n) is 4.30. The highest BCUT2D eigenvalue weighted by molar-refractivity contribution is 5.95. The molecular weight excluding hydrogens is 335 g/mol. The average Bonchev–Trinajstić information content (AvgIpc) is 2.61. The second kappa shape index (κ2) is 8.67. The molecule has 26 heavy (non-hydrogen) atoms. The summed E-state index contributed by atoms with van der Waals surface area (Å²) in [6.07, 6.45) is 0. The van der Waals surface area contributed by atoms with Crippen LogP contribution in [0, 0.1) is 12.7 Å². The van der Waals surface area contributed by atoms with Crippen LogP contribution in [-0.4, -0.2) is 38.1 Å². The van der Waals surface area contributed by atoms with Crippen LogP contribution in [0.2, 0.25) is 0 Å². The number of methoxy groups -OCH3 is 2. The van der Waals surface area contributed by atoms with E-state index in [2.05, 4.69) is 5.32 Å². The molecule has 2 aromatic carbocycles. The van der Waals surface area contributed by atoms with Crippen LogP contribution < -0.4 is 14.8 Å². The number of benzene rings is 2. The molecule has 0 aliphatic carbocycles. The summed E-state index contributed by atoms with van der Waals surface area (Å²) in [6.45, 7) is 4.18. The maximum absolute atomic E-state index is 13.8. The second-order valence-electron chi connectivity index (χ2n) is 6.25. The number of ether oxygens (including phenoxy) is 2. The summed E-state index contributed by atoms with van der Waals surface area (Å²) in [6, 6.07) is 9.98. The van der Waals surface area contributed by atoms with Crippen LogP contribution in [0.5, 0.6) is 11.5 Å². The van der Waals surface area contributed by atoms with Gasteiger partial charge in [0.2, 0.25) is 5.91 Å². The fourth-order valence-electron chi connectivity index (χ4n) is 2.59. The summed E-state index contributed by atoms with van der Waals surface area (Å²) in [5.74, 6) is 0.232. The van der Waals surface area contributed by atoms with E-state index < -0.39 is 11.9 Å². The molecule has 0 aliphatic rings. The van der Waals surface area contributed by atoms with Crippen molar-refractivity contribution in [3.63, 3.8) is 0 Å². The molecule has 0 aliphatic heterocycles. The van der Waals surface area contributed by atoms with Gasteiger partial charge in [-0.2, -0.15) is 0 Å². The Bertz CT molecular complexity index is 780. The minimum Gasteiger partial charge on any atom is -0.495 e. The number of rotatable bonds is 7. The Kier molecular flexibility index (Phi) is 6.58. The summed E-state index contributed by atoms with van der Waals surface area (Å²) >= 11 is 0. The van der Waals surface area contributed by atoms with Gasteiger partial charge in [-0.15, -0.1) is 0 Å². The SMILES string of the molecule is COc1ccc(CN(C)C(C)C(=O)Nc2cc(C)ccc2OC)cc1F. The van der Waals surface area contributed by atoms with Crippen molar-refractivity contribution in [3.8, 4) is 11.5 Å². The topological polar surface area (TPSA) is 50.8 Å². The quantitative estimate of drug-likeness (QED) is 0.820. The first kappa shape index (κ1) is 19.7. The van der Waals surface area contributed by atoms with Crippen molar-refractivity contribution in [2.24, 2.45) is 0 Å². The first-order valence-electron chi connectivity index (χ1n) is 8.34. The van der Waals surface area contributed by atoms with E-state index in [4.69, 9.17) is 9.47 Å². The molecule has 2 aromatic rings. The zero-order valence-electron chi connectivity index (χ0n) is 15.8. The minimum absolute atomic E-state index is 0.162. The normalized spacial score (nSPS) is 12.0. The predicted molar refractivity (Wildman–Crippen MR) is 100 cm³/mol. The van der Waals surface area contributed by atoms with Gasteiger partial charge in [0.15, 0.2) is 11.6 Å². The molecule has 6 heteroatoms. The average molecular weight is 360 g/mol. The number of carbonyl (C=O) groups is 1. The molecule has 0 saturated carbocycles. The van der Waals surface area contributed by atoms with Crippen LogP contribution in [0.25, 0.3) is 0 Å². The highest BCUT2D eigenvalue weighted by Gasteiger charge is 2.20. The summed E-state index contributed by atoms with van der Waals surface area (Å²) in [5, 5.41) is 2.90. The number of nitrogens with zero attached hydrogens (tertiary/aromatic N) is 1. The number of halogens is 1. The number of nitrogens with one attached hydrogen (secondary N) is 1. The molecule has 0 aromatic heterocycles. The van der Waals surface area contributed by atoms with Crippen LogP contribution in [0.1, 0.15) is 18.1 Å². The van der Waals surface area contributed by atoms with Gasteiger partial charge >= 0.3 is 0 Å². The standard InChI is InChI=1S/C20H25FN2O3/c1-13-6-8-19(26-5)17(10-13)22-20(24)14(2)23(3)12-15-7-9-18(25-4)16(21)11-15/h6-11,14H,12H2,1-5H3,(H,22,24). The van der Waals surface area contributed by atoms with E-state index in [1.807, 2.05) is 37.1 Å². The number of carbonyl (C=O) groups excluding carboxylic acids is 1. The Hall–Kier alpha value is -2.60. The second-order valence-corrected chi connectivity index (χ2v) is 6.25. The molecule has 1 N–H and O–H groups in total. The maximum atomic E-state index is 13.8. The van der Waals surface area contributed by atoms with Gasteiger partial charge in [0, 0.05) is 6.54 Å². The van der Waals surface area contributed by atoms with Gasteiger partial charge in [0.1, 0.15) is 5.75 Å². The van der Waals surface area contributed by atoms with Gasteiger partial charge in [-0.3, -0.25) is 9.69 Å². The largest absolute Gasteiger partial charge is 0.495 e. The summed E-state index contributed by atoms with van der Waals surface area (Å²) in [7, 11) is 4.81.